The van der Waals surface area contributed by atoms with Crippen LogP contribution in [0.3, 0.4) is 0 Å². The van der Waals surface area contributed by atoms with Crippen LogP contribution in [0, 0.1) is 0 Å². The summed E-state index contributed by atoms with van der Waals surface area (Å²) in [7, 11) is 1.67. The molecule has 0 amide bonds. The Bertz CT molecular complexity index is 320. The normalized spacial score (nSPS) is 25.9. The maximum absolute atomic E-state index is 12.5. The van der Waals surface area contributed by atoms with Gasteiger partial charge in [-0.05, 0) is 19.3 Å². The SMILES string of the molecule is C[NH+]1N=C(C(F)(F)F)C2=C1CCCC2.[I-]. The van der Waals surface area contributed by atoms with Gasteiger partial charge in [0, 0.05) is 12.0 Å². The van der Waals surface area contributed by atoms with Crippen molar-refractivity contribution in [1.82, 2.24) is 0 Å². The molecule has 6 heteroatoms. The van der Waals surface area contributed by atoms with Gasteiger partial charge < -0.3 is 24.0 Å². The van der Waals surface area contributed by atoms with E-state index in [2.05, 4.69) is 5.10 Å². The first kappa shape index (κ1) is 13.0. The molecular formula is C9H12F3IN2. The van der Waals surface area contributed by atoms with Gasteiger partial charge in [-0.25, -0.2) is 0 Å². The van der Waals surface area contributed by atoms with Crippen LogP contribution in [0.5, 0.6) is 0 Å². The van der Waals surface area contributed by atoms with Crippen molar-refractivity contribution in [3.8, 4) is 0 Å². The lowest BCUT2D eigenvalue weighted by Gasteiger charge is -2.13. The maximum Gasteiger partial charge on any atom is 0.439 e. The van der Waals surface area contributed by atoms with Crippen LogP contribution in [0.15, 0.2) is 16.4 Å². The summed E-state index contributed by atoms with van der Waals surface area (Å²) in [5.74, 6) is 0. The minimum atomic E-state index is -4.28. The van der Waals surface area contributed by atoms with Gasteiger partial charge in [0.2, 0.25) is 5.71 Å². The van der Waals surface area contributed by atoms with Gasteiger partial charge in [-0.1, -0.05) is 5.10 Å². The Balaban J connectivity index is 0.00000112. The number of hydrogen-bond acceptors (Lipinski definition) is 1. The van der Waals surface area contributed by atoms with E-state index in [0.29, 0.717) is 17.0 Å². The number of quaternary nitrogens is 1. The van der Waals surface area contributed by atoms with Crippen molar-refractivity contribution in [2.75, 3.05) is 7.05 Å². The Morgan fingerprint density at radius 1 is 1.20 bits per heavy atom. The summed E-state index contributed by atoms with van der Waals surface area (Å²) in [6, 6.07) is 0. The Morgan fingerprint density at radius 2 is 1.80 bits per heavy atom. The number of rotatable bonds is 0. The second kappa shape index (κ2) is 4.40. The summed E-state index contributed by atoms with van der Waals surface area (Å²) in [6.45, 7) is 0. The zero-order valence-electron chi connectivity index (χ0n) is 8.29. The molecule has 0 saturated carbocycles. The fraction of sp³-hybridized carbons (Fsp3) is 0.667. The van der Waals surface area contributed by atoms with Crippen molar-refractivity contribution < 1.29 is 42.2 Å². The minimum Gasteiger partial charge on any atom is -1.00 e. The highest BCUT2D eigenvalue weighted by Gasteiger charge is 2.46. The average Bonchev–Trinajstić information content (AvgIpc) is 2.44. The molecule has 1 unspecified atom stereocenters. The van der Waals surface area contributed by atoms with Gasteiger partial charge in [0.1, 0.15) is 5.70 Å². The van der Waals surface area contributed by atoms with Crippen molar-refractivity contribution in [2.45, 2.75) is 31.9 Å². The molecule has 0 aromatic carbocycles. The first-order valence-corrected chi connectivity index (χ1v) is 4.72. The molecular weight excluding hydrogens is 320 g/mol. The maximum atomic E-state index is 12.5. The van der Waals surface area contributed by atoms with E-state index >= 15 is 0 Å². The van der Waals surface area contributed by atoms with Crippen molar-refractivity contribution in [3.63, 3.8) is 0 Å². The Hall–Kier alpha value is -0.110. The van der Waals surface area contributed by atoms with Crippen molar-refractivity contribution >= 4 is 5.71 Å². The summed E-state index contributed by atoms with van der Waals surface area (Å²) in [6.07, 6.45) is -1.16. The second-order valence-corrected chi connectivity index (χ2v) is 3.71. The molecule has 0 aromatic heterocycles. The second-order valence-electron chi connectivity index (χ2n) is 3.71. The van der Waals surface area contributed by atoms with Crippen LogP contribution < -0.4 is 29.0 Å². The van der Waals surface area contributed by atoms with Crippen LogP contribution in [0.1, 0.15) is 25.7 Å². The van der Waals surface area contributed by atoms with E-state index < -0.39 is 11.9 Å². The van der Waals surface area contributed by atoms with Crippen LogP contribution in [-0.4, -0.2) is 18.9 Å². The highest BCUT2D eigenvalue weighted by atomic mass is 127. The van der Waals surface area contributed by atoms with Gasteiger partial charge in [0.05, 0.1) is 7.05 Å². The first-order valence-electron chi connectivity index (χ1n) is 4.72. The lowest BCUT2D eigenvalue weighted by Crippen LogP contribution is -3.01. The number of allylic oxidation sites excluding steroid dienone is 2. The van der Waals surface area contributed by atoms with Gasteiger partial charge in [-0.3, -0.25) is 0 Å². The molecule has 1 heterocycles. The molecule has 0 aromatic rings. The highest BCUT2D eigenvalue weighted by Crippen LogP contribution is 2.31. The first-order chi connectivity index (χ1) is 6.50. The van der Waals surface area contributed by atoms with Crippen molar-refractivity contribution in [2.24, 2.45) is 5.10 Å². The van der Waals surface area contributed by atoms with Gasteiger partial charge in [-0.2, -0.15) is 18.2 Å². The summed E-state index contributed by atoms with van der Waals surface area (Å²) in [4.78, 5) is 0. The Kier molecular flexibility index (Phi) is 3.80. The standard InChI is InChI=1S/C9H11F3N2.HI/c1-14-7-5-3-2-4-6(7)8(13-14)9(10,11)12;/h2-5H2,1H3;1H. The molecule has 0 saturated heterocycles. The zero-order chi connectivity index (χ0) is 10.3. The average molecular weight is 332 g/mol. The minimum absolute atomic E-state index is 0. The van der Waals surface area contributed by atoms with E-state index in [4.69, 9.17) is 0 Å². The molecule has 0 radical (unpaired) electrons. The van der Waals surface area contributed by atoms with Gasteiger partial charge in [0.25, 0.3) is 0 Å². The lowest BCUT2D eigenvalue weighted by atomic mass is 9.93. The largest absolute Gasteiger partial charge is 1.00 e. The van der Waals surface area contributed by atoms with Crippen LogP contribution >= 0.6 is 0 Å². The van der Waals surface area contributed by atoms with E-state index in [-0.39, 0.29) is 24.0 Å². The predicted octanol–water partition coefficient (Wildman–Crippen LogP) is -1.73. The van der Waals surface area contributed by atoms with Gasteiger partial charge >= 0.3 is 6.18 Å². The number of halogens is 4. The topological polar surface area (TPSA) is 16.8 Å². The Labute approximate surface area is 103 Å². The Morgan fingerprint density at radius 3 is 2.40 bits per heavy atom. The monoisotopic (exact) mass is 332 g/mol. The molecule has 15 heavy (non-hydrogen) atoms. The van der Waals surface area contributed by atoms with E-state index in [1.54, 1.807) is 7.05 Å². The van der Waals surface area contributed by atoms with E-state index in [1.165, 1.54) is 0 Å². The zero-order valence-corrected chi connectivity index (χ0v) is 10.4. The summed E-state index contributed by atoms with van der Waals surface area (Å²) in [5, 5.41) is 4.20. The van der Waals surface area contributed by atoms with E-state index in [0.717, 1.165) is 25.0 Å². The lowest BCUT2D eigenvalue weighted by molar-refractivity contribution is -0.845. The van der Waals surface area contributed by atoms with Crippen LogP contribution in [0.4, 0.5) is 13.2 Å². The van der Waals surface area contributed by atoms with Crippen LogP contribution in [-0.2, 0) is 0 Å². The van der Waals surface area contributed by atoms with E-state index in [1.807, 2.05) is 0 Å². The summed E-state index contributed by atoms with van der Waals surface area (Å²) >= 11 is 0. The fourth-order valence-electron chi connectivity index (χ4n) is 2.10. The third kappa shape index (κ3) is 2.35. The summed E-state index contributed by atoms with van der Waals surface area (Å²) < 4.78 is 37.6. The number of alkyl halides is 3. The summed E-state index contributed by atoms with van der Waals surface area (Å²) in [5.41, 5.74) is 0.634. The molecule has 1 aliphatic heterocycles. The van der Waals surface area contributed by atoms with Crippen molar-refractivity contribution in [1.29, 1.82) is 0 Å². The third-order valence-electron chi connectivity index (χ3n) is 2.74. The molecule has 2 rings (SSSR count). The molecule has 0 spiro atoms. The molecule has 0 fully saturated rings. The predicted molar refractivity (Wildman–Crippen MR) is 45.9 cm³/mol. The number of nitrogens with one attached hydrogen (secondary N) is 1. The third-order valence-corrected chi connectivity index (χ3v) is 2.74. The molecule has 1 N–H and O–H groups in total. The smallest absolute Gasteiger partial charge is 0.439 e. The molecule has 0 bridgehead atoms. The van der Waals surface area contributed by atoms with Crippen molar-refractivity contribution in [3.05, 3.63) is 11.3 Å². The van der Waals surface area contributed by atoms with Crippen LogP contribution in [0.25, 0.3) is 0 Å². The van der Waals surface area contributed by atoms with Crippen LogP contribution in [0.2, 0.25) is 0 Å². The quantitative estimate of drug-likeness (QED) is 0.508. The highest BCUT2D eigenvalue weighted by molar-refractivity contribution is 6.05. The van der Waals surface area contributed by atoms with Gasteiger partial charge in [-0.15, -0.1) is 0 Å². The molecule has 1 atom stereocenters. The van der Waals surface area contributed by atoms with Gasteiger partial charge in [0.15, 0.2) is 0 Å². The number of nitrogens with zero attached hydrogens (tertiary/aromatic N) is 1. The fourth-order valence-corrected chi connectivity index (χ4v) is 2.10. The van der Waals surface area contributed by atoms with E-state index in [9.17, 15) is 13.2 Å². The molecule has 2 aliphatic rings. The molecule has 2 nitrogen and oxygen atoms in total. The number of hydrogen-bond donors (Lipinski definition) is 1. The molecule has 1 aliphatic carbocycles. The molecule has 86 valence electrons.